The summed E-state index contributed by atoms with van der Waals surface area (Å²) in [5.74, 6) is 1.09. The molecule has 0 radical (unpaired) electrons. The highest BCUT2D eigenvalue weighted by Gasteiger charge is 2.39. The van der Waals surface area contributed by atoms with Gasteiger partial charge >= 0.3 is 6.18 Å². The lowest BCUT2D eigenvalue weighted by molar-refractivity contribution is -0.206. The largest absolute Gasteiger partial charge is 0.496 e. The number of hydrogen-bond donors (Lipinski definition) is 1. The van der Waals surface area contributed by atoms with Gasteiger partial charge in [0.05, 0.1) is 19.8 Å². The monoisotopic (exact) mass is 312 g/mol. The van der Waals surface area contributed by atoms with E-state index in [-0.39, 0.29) is 5.56 Å². The maximum absolute atomic E-state index is 12.5. The molecule has 118 valence electrons. The smallest absolute Gasteiger partial charge is 0.418 e. The maximum Gasteiger partial charge on any atom is 0.418 e. The maximum atomic E-state index is 12.5. The molecule has 3 nitrogen and oxygen atoms in total. The number of rotatable bonds is 4. The summed E-state index contributed by atoms with van der Waals surface area (Å²) in [4.78, 5) is 0. The van der Waals surface area contributed by atoms with Gasteiger partial charge in [-0.05, 0) is 23.3 Å². The Morgan fingerprint density at radius 3 is 1.82 bits per heavy atom. The Morgan fingerprint density at radius 1 is 0.909 bits per heavy atom. The van der Waals surface area contributed by atoms with Crippen LogP contribution in [0.4, 0.5) is 13.2 Å². The molecule has 0 aliphatic rings. The second-order valence-electron chi connectivity index (χ2n) is 4.60. The molecule has 6 heteroatoms. The number of hydrogen-bond acceptors (Lipinski definition) is 3. The predicted octanol–water partition coefficient (Wildman–Crippen LogP) is 3.97. The number of ether oxygens (including phenoxy) is 2. The lowest BCUT2D eigenvalue weighted by Crippen LogP contribution is -2.19. The van der Waals surface area contributed by atoms with E-state index < -0.39 is 12.3 Å². The van der Waals surface area contributed by atoms with Crippen molar-refractivity contribution in [1.29, 1.82) is 0 Å². The van der Waals surface area contributed by atoms with Gasteiger partial charge in [-0.25, -0.2) is 0 Å². The number of aliphatic hydroxyl groups is 1. The van der Waals surface area contributed by atoms with Crippen LogP contribution in [0.3, 0.4) is 0 Å². The number of halogens is 3. The first-order valence-electron chi connectivity index (χ1n) is 6.44. The molecule has 0 aromatic heterocycles. The molecule has 0 amide bonds. The van der Waals surface area contributed by atoms with E-state index in [9.17, 15) is 18.3 Å². The topological polar surface area (TPSA) is 38.7 Å². The average Bonchev–Trinajstić information content (AvgIpc) is 2.52. The number of alkyl halides is 3. The van der Waals surface area contributed by atoms with Gasteiger partial charge in [0.15, 0.2) is 6.10 Å². The zero-order chi connectivity index (χ0) is 16.3. The van der Waals surface area contributed by atoms with Gasteiger partial charge in [0.1, 0.15) is 11.5 Å². The minimum absolute atomic E-state index is 0.217. The molecule has 0 bridgehead atoms. The van der Waals surface area contributed by atoms with Crippen molar-refractivity contribution in [1.82, 2.24) is 0 Å². The quantitative estimate of drug-likeness (QED) is 0.928. The van der Waals surface area contributed by atoms with Crippen LogP contribution in [-0.4, -0.2) is 25.5 Å². The van der Waals surface area contributed by atoms with Crippen LogP contribution >= 0.6 is 0 Å². The molecular formula is C16H15F3O3. The third-order valence-corrected chi connectivity index (χ3v) is 3.25. The first-order valence-corrected chi connectivity index (χ1v) is 6.44. The van der Waals surface area contributed by atoms with Gasteiger partial charge in [-0.3, -0.25) is 0 Å². The summed E-state index contributed by atoms with van der Waals surface area (Å²) in [6.07, 6.45) is -7.19. The molecule has 0 fully saturated rings. The van der Waals surface area contributed by atoms with Crippen molar-refractivity contribution in [2.75, 3.05) is 14.2 Å². The summed E-state index contributed by atoms with van der Waals surface area (Å²) in [6, 6.07) is 10.7. The van der Waals surface area contributed by atoms with E-state index in [1.54, 1.807) is 18.2 Å². The van der Waals surface area contributed by atoms with Crippen molar-refractivity contribution in [3.05, 3.63) is 48.0 Å². The van der Waals surface area contributed by atoms with Crippen LogP contribution in [0.25, 0.3) is 11.1 Å². The minimum Gasteiger partial charge on any atom is -0.496 e. The number of aliphatic hydroxyl groups excluding tert-OH is 1. The Labute approximate surface area is 125 Å². The van der Waals surface area contributed by atoms with E-state index in [2.05, 4.69) is 0 Å². The lowest BCUT2D eigenvalue weighted by Gasteiger charge is -2.16. The van der Waals surface area contributed by atoms with Crippen LogP contribution in [0.1, 0.15) is 11.7 Å². The van der Waals surface area contributed by atoms with E-state index in [0.29, 0.717) is 22.6 Å². The molecule has 0 spiro atoms. The molecule has 0 aliphatic carbocycles. The fourth-order valence-electron chi connectivity index (χ4n) is 2.16. The van der Waals surface area contributed by atoms with E-state index in [1.165, 1.54) is 38.5 Å². The van der Waals surface area contributed by atoms with Gasteiger partial charge in [-0.2, -0.15) is 13.2 Å². The zero-order valence-electron chi connectivity index (χ0n) is 12.0. The van der Waals surface area contributed by atoms with Crippen molar-refractivity contribution in [3.8, 4) is 22.6 Å². The van der Waals surface area contributed by atoms with Crippen LogP contribution in [-0.2, 0) is 0 Å². The van der Waals surface area contributed by atoms with Crippen LogP contribution in [0.5, 0.6) is 11.5 Å². The van der Waals surface area contributed by atoms with Gasteiger partial charge in [-0.1, -0.05) is 30.3 Å². The Morgan fingerprint density at radius 2 is 1.41 bits per heavy atom. The van der Waals surface area contributed by atoms with E-state index in [0.717, 1.165) is 0 Å². The van der Waals surface area contributed by atoms with Crippen LogP contribution in [0.2, 0.25) is 0 Å². The normalized spacial score (nSPS) is 12.8. The molecular weight excluding hydrogens is 297 g/mol. The van der Waals surface area contributed by atoms with Crippen LogP contribution < -0.4 is 9.47 Å². The molecule has 0 saturated carbocycles. The predicted molar refractivity (Wildman–Crippen MR) is 76.0 cm³/mol. The molecule has 0 saturated heterocycles. The Kier molecular flexibility index (Phi) is 4.61. The molecule has 2 rings (SSSR count). The number of methoxy groups -OCH3 is 2. The second-order valence-corrected chi connectivity index (χ2v) is 4.60. The molecule has 1 N–H and O–H groups in total. The highest BCUT2D eigenvalue weighted by Crippen LogP contribution is 2.39. The van der Waals surface area contributed by atoms with Gasteiger partial charge in [-0.15, -0.1) is 0 Å². The Balaban J connectivity index is 2.44. The highest BCUT2D eigenvalue weighted by molar-refractivity contribution is 5.77. The van der Waals surface area contributed by atoms with Crippen LogP contribution in [0.15, 0.2) is 42.5 Å². The van der Waals surface area contributed by atoms with Gasteiger partial charge in [0.25, 0.3) is 0 Å². The van der Waals surface area contributed by atoms with Crippen molar-refractivity contribution < 1.29 is 27.8 Å². The summed E-state index contributed by atoms with van der Waals surface area (Å²) in [5, 5.41) is 9.25. The highest BCUT2D eigenvalue weighted by atomic mass is 19.4. The van der Waals surface area contributed by atoms with Gasteiger partial charge in [0, 0.05) is 0 Å². The third-order valence-electron chi connectivity index (χ3n) is 3.25. The molecule has 0 aliphatic heterocycles. The molecule has 1 atom stereocenters. The first kappa shape index (κ1) is 16.2. The fourth-order valence-corrected chi connectivity index (χ4v) is 2.16. The van der Waals surface area contributed by atoms with Crippen LogP contribution in [0, 0.1) is 0 Å². The van der Waals surface area contributed by atoms with E-state index in [4.69, 9.17) is 9.47 Å². The fraction of sp³-hybridized carbons (Fsp3) is 0.250. The minimum atomic E-state index is -4.69. The summed E-state index contributed by atoms with van der Waals surface area (Å²) >= 11 is 0. The molecule has 2 aromatic carbocycles. The lowest BCUT2D eigenvalue weighted by atomic mass is 10.00. The summed E-state index contributed by atoms with van der Waals surface area (Å²) < 4.78 is 48.0. The molecule has 1 unspecified atom stereocenters. The number of benzene rings is 2. The molecule has 22 heavy (non-hydrogen) atoms. The Bertz CT molecular complexity index is 614. The van der Waals surface area contributed by atoms with E-state index >= 15 is 0 Å². The van der Waals surface area contributed by atoms with E-state index in [1.807, 2.05) is 0 Å². The Hall–Kier alpha value is -2.21. The van der Waals surface area contributed by atoms with Gasteiger partial charge < -0.3 is 14.6 Å². The standard InChI is InChI=1S/C16H15F3O3/c1-21-12-4-3-5-13(22-2)14(12)10-6-8-11(9-7-10)15(20)16(17,18)19/h3-9,15,20H,1-2H3. The van der Waals surface area contributed by atoms with Crippen molar-refractivity contribution >= 4 is 0 Å². The van der Waals surface area contributed by atoms with Crippen molar-refractivity contribution in [2.24, 2.45) is 0 Å². The first-order chi connectivity index (χ1) is 10.4. The van der Waals surface area contributed by atoms with Gasteiger partial charge in [0.2, 0.25) is 0 Å². The SMILES string of the molecule is COc1cccc(OC)c1-c1ccc(C(O)C(F)(F)F)cc1. The average molecular weight is 312 g/mol. The summed E-state index contributed by atoms with van der Waals surface area (Å²) in [7, 11) is 3.00. The zero-order valence-corrected chi connectivity index (χ0v) is 12.0. The second kappa shape index (κ2) is 6.27. The third kappa shape index (κ3) is 3.17. The summed E-state index contributed by atoms with van der Waals surface area (Å²) in [6.45, 7) is 0. The molecule has 0 heterocycles. The van der Waals surface area contributed by atoms with Crippen molar-refractivity contribution in [2.45, 2.75) is 12.3 Å². The molecule has 2 aromatic rings. The van der Waals surface area contributed by atoms with Crippen molar-refractivity contribution in [3.63, 3.8) is 0 Å². The summed E-state index contributed by atoms with van der Waals surface area (Å²) in [5.41, 5.74) is 1.05.